The van der Waals surface area contributed by atoms with Crippen LogP contribution in [0.1, 0.15) is 18.4 Å². The number of nitrogens with one attached hydrogen (secondary N) is 1. The lowest BCUT2D eigenvalue weighted by Gasteiger charge is -2.02. The molecule has 2 rings (SSSR count). The Kier molecular flexibility index (Phi) is 3.91. The van der Waals surface area contributed by atoms with Crippen molar-refractivity contribution in [2.75, 3.05) is 6.54 Å². The Balaban J connectivity index is 2.39. The third-order valence-corrected chi connectivity index (χ3v) is 2.77. The molecule has 100 valence electrons. The van der Waals surface area contributed by atoms with Gasteiger partial charge in [0, 0.05) is 5.56 Å². The third-order valence-electron chi connectivity index (χ3n) is 2.77. The zero-order valence-electron chi connectivity index (χ0n) is 10.8. The van der Waals surface area contributed by atoms with Crippen LogP contribution in [-0.4, -0.2) is 16.5 Å². The highest BCUT2D eigenvalue weighted by atomic mass is 16.6. The maximum atomic E-state index is 11.1. The molecule has 0 bridgehead atoms. The van der Waals surface area contributed by atoms with Crippen LogP contribution in [0.2, 0.25) is 0 Å². The van der Waals surface area contributed by atoms with E-state index in [4.69, 9.17) is 4.42 Å². The summed E-state index contributed by atoms with van der Waals surface area (Å²) in [6.07, 6.45) is 1.52. The molecule has 6 nitrogen and oxygen atoms in total. The van der Waals surface area contributed by atoms with Crippen molar-refractivity contribution >= 4 is 5.69 Å². The van der Waals surface area contributed by atoms with Crippen LogP contribution in [0.15, 0.2) is 28.8 Å². The number of hydrogen-bond acceptors (Lipinski definition) is 5. The molecule has 0 saturated heterocycles. The van der Waals surface area contributed by atoms with E-state index >= 15 is 0 Å². The molecule has 0 aliphatic heterocycles. The lowest BCUT2D eigenvalue weighted by Crippen LogP contribution is -2.11. The van der Waals surface area contributed by atoms with E-state index in [2.05, 4.69) is 10.3 Å². The minimum Gasteiger partial charge on any atom is -0.439 e. The molecular formula is C13H15N3O3. The molecule has 1 aromatic carbocycles. The Morgan fingerprint density at radius 1 is 1.47 bits per heavy atom. The third kappa shape index (κ3) is 2.79. The molecule has 0 amide bonds. The van der Waals surface area contributed by atoms with Gasteiger partial charge >= 0.3 is 0 Å². The highest BCUT2D eigenvalue weighted by Gasteiger charge is 2.20. The molecule has 6 heteroatoms. The average molecular weight is 261 g/mol. The summed E-state index contributed by atoms with van der Waals surface area (Å²) < 4.78 is 5.54. The van der Waals surface area contributed by atoms with Crippen LogP contribution in [0.4, 0.5) is 5.69 Å². The highest BCUT2D eigenvalue weighted by Crippen LogP contribution is 2.32. The van der Waals surface area contributed by atoms with Crippen molar-refractivity contribution in [2.45, 2.75) is 20.4 Å². The molecule has 0 radical (unpaired) electrons. The summed E-state index contributed by atoms with van der Waals surface area (Å²) in [5.41, 5.74) is 1.13. The van der Waals surface area contributed by atoms with Crippen LogP contribution >= 0.6 is 0 Å². The van der Waals surface area contributed by atoms with Crippen molar-refractivity contribution in [3.63, 3.8) is 0 Å². The predicted octanol–water partition coefficient (Wildman–Crippen LogP) is 2.67. The molecule has 1 aromatic heterocycles. The first-order valence-corrected chi connectivity index (χ1v) is 6.03. The van der Waals surface area contributed by atoms with Crippen LogP contribution in [0, 0.1) is 17.0 Å². The number of benzene rings is 1. The van der Waals surface area contributed by atoms with Crippen molar-refractivity contribution in [2.24, 2.45) is 0 Å². The van der Waals surface area contributed by atoms with Crippen LogP contribution in [0.5, 0.6) is 0 Å². The monoisotopic (exact) mass is 261 g/mol. The first-order valence-electron chi connectivity index (χ1n) is 6.03. The van der Waals surface area contributed by atoms with E-state index in [-0.39, 0.29) is 5.69 Å². The Hall–Kier alpha value is -2.21. The van der Waals surface area contributed by atoms with Crippen LogP contribution in [0.25, 0.3) is 11.3 Å². The number of nitro groups is 1. The molecule has 0 aliphatic rings. The smallest absolute Gasteiger partial charge is 0.283 e. The van der Waals surface area contributed by atoms with Gasteiger partial charge in [0.1, 0.15) is 0 Å². The van der Waals surface area contributed by atoms with Crippen molar-refractivity contribution < 1.29 is 9.34 Å². The zero-order valence-corrected chi connectivity index (χ0v) is 10.8. The SMILES string of the molecule is CCNCc1ncc(-c2cccc(C)c2[N+](=O)[O-])o1. The van der Waals surface area contributed by atoms with Gasteiger partial charge < -0.3 is 9.73 Å². The van der Waals surface area contributed by atoms with E-state index < -0.39 is 4.92 Å². The Bertz CT molecular complexity index is 593. The maximum absolute atomic E-state index is 11.1. The minimum atomic E-state index is -0.392. The average Bonchev–Trinajstić information content (AvgIpc) is 2.84. The maximum Gasteiger partial charge on any atom is 0.283 e. The fourth-order valence-corrected chi connectivity index (χ4v) is 1.85. The van der Waals surface area contributed by atoms with Crippen LogP contribution in [-0.2, 0) is 6.54 Å². The van der Waals surface area contributed by atoms with Crippen molar-refractivity contribution in [1.82, 2.24) is 10.3 Å². The molecule has 1 N–H and O–H groups in total. The van der Waals surface area contributed by atoms with Gasteiger partial charge in [-0.3, -0.25) is 10.1 Å². The fourth-order valence-electron chi connectivity index (χ4n) is 1.85. The quantitative estimate of drug-likeness (QED) is 0.661. The van der Waals surface area contributed by atoms with Gasteiger partial charge in [0.2, 0.25) is 5.89 Å². The molecule has 0 fully saturated rings. The number of aryl methyl sites for hydroxylation is 1. The van der Waals surface area contributed by atoms with Gasteiger partial charge in [-0.15, -0.1) is 0 Å². The largest absolute Gasteiger partial charge is 0.439 e. The predicted molar refractivity (Wildman–Crippen MR) is 70.7 cm³/mol. The molecule has 2 aromatic rings. The molecule has 0 atom stereocenters. The summed E-state index contributed by atoms with van der Waals surface area (Å²) >= 11 is 0. The van der Waals surface area contributed by atoms with E-state index in [1.54, 1.807) is 25.1 Å². The minimum absolute atomic E-state index is 0.0636. The molecule has 19 heavy (non-hydrogen) atoms. The highest BCUT2D eigenvalue weighted by molar-refractivity contribution is 5.71. The first kappa shape index (κ1) is 13.2. The lowest BCUT2D eigenvalue weighted by atomic mass is 10.1. The molecular weight excluding hydrogens is 246 g/mol. The number of rotatable bonds is 5. The normalized spacial score (nSPS) is 10.6. The topological polar surface area (TPSA) is 81.2 Å². The lowest BCUT2D eigenvalue weighted by molar-refractivity contribution is -0.384. The molecule has 0 unspecified atom stereocenters. The van der Waals surface area contributed by atoms with Gasteiger partial charge in [0.25, 0.3) is 5.69 Å². The fraction of sp³-hybridized carbons (Fsp3) is 0.308. The number of para-hydroxylation sites is 1. The number of nitrogens with zero attached hydrogens (tertiary/aromatic N) is 2. The van der Waals surface area contributed by atoms with Gasteiger partial charge in [0.05, 0.1) is 23.2 Å². The summed E-state index contributed by atoms with van der Waals surface area (Å²) in [5.74, 6) is 0.941. The van der Waals surface area contributed by atoms with Gasteiger partial charge in [-0.1, -0.05) is 19.1 Å². The summed E-state index contributed by atoms with van der Waals surface area (Å²) in [6, 6.07) is 5.14. The summed E-state index contributed by atoms with van der Waals surface area (Å²) in [5, 5.41) is 14.2. The molecule has 0 spiro atoms. The Morgan fingerprint density at radius 2 is 2.26 bits per heavy atom. The number of oxazole rings is 1. The Labute approximate surface area is 110 Å². The van der Waals surface area contributed by atoms with Gasteiger partial charge in [-0.05, 0) is 19.5 Å². The summed E-state index contributed by atoms with van der Waals surface area (Å²) in [6.45, 7) is 5.01. The standard InChI is InChI=1S/C13H15N3O3/c1-3-14-8-12-15-7-11(19-12)10-6-4-5-9(2)13(10)16(17)18/h4-7,14H,3,8H2,1-2H3. The van der Waals surface area contributed by atoms with Gasteiger partial charge in [-0.2, -0.15) is 0 Å². The summed E-state index contributed by atoms with van der Waals surface area (Å²) in [4.78, 5) is 14.8. The van der Waals surface area contributed by atoms with E-state index in [9.17, 15) is 10.1 Å². The van der Waals surface area contributed by atoms with Crippen LogP contribution in [0.3, 0.4) is 0 Å². The number of aromatic nitrogens is 1. The second kappa shape index (κ2) is 5.62. The van der Waals surface area contributed by atoms with Crippen molar-refractivity contribution in [3.8, 4) is 11.3 Å². The summed E-state index contributed by atoms with van der Waals surface area (Å²) in [7, 11) is 0. The van der Waals surface area contributed by atoms with Crippen molar-refractivity contribution in [3.05, 3.63) is 46.0 Å². The van der Waals surface area contributed by atoms with Gasteiger partial charge in [-0.25, -0.2) is 4.98 Å². The number of nitro benzene ring substituents is 1. The second-order valence-corrected chi connectivity index (χ2v) is 4.13. The second-order valence-electron chi connectivity index (χ2n) is 4.13. The first-order chi connectivity index (χ1) is 9.13. The zero-order chi connectivity index (χ0) is 13.8. The van der Waals surface area contributed by atoms with E-state index in [0.717, 1.165) is 6.54 Å². The molecule has 0 saturated carbocycles. The van der Waals surface area contributed by atoms with Crippen molar-refractivity contribution in [1.29, 1.82) is 0 Å². The van der Waals surface area contributed by atoms with Crippen LogP contribution < -0.4 is 5.32 Å². The van der Waals surface area contributed by atoms with E-state index in [1.807, 2.05) is 6.92 Å². The molecule has 0 aliphatic carbocycles. The number of hydrogen-bond donors (Lipinski definition) is 1. The Morgan fingerprint density at radius 3 is 2.95 bits per heavy atom. The molecule has 1 heterocycles. The van der Waals surface area contributed by atoms with E-state index in [0.29, 0.717) is 29.3 Å². The van der Waals surface area contributed by atoms with E-state index in [1.165, 1.54) is 6.20 Å². The van der Waals surface area contributed by atoms with Gasteiger partial charge in [0.15, 0.2) is 5.76 Å².